The number of amides is 1. The molecule has 6 rings (SSSR count). The third-order valence-electron chi connectivity index (χ3n) is 7.91. The zero-order valence-corrected chi connectivity index (χ0v) is 25.3. The first kappa shape index (κ1) is 29.7. The summed E-state index contributed by atoms with van der Waals surface area (Å²) in [5.41, 5.74) is 6.72. The summed E-state index contributed by atoms with van der Waals surface area (Å²) in [5.74, 6) is -1.30. The second-order valence-electron chi connectivity index (χ2n) is 12.2. The van der Waals surface area contributed by atoms with Crippen LogP contribution in [0.4, 0.5) is 9.59 Å². The molecular formula is C37H34N2O6. The lowest BCUT2D eigenvalue weighted by Gasteiger charge is -2.19. The Balaban J connectivity index is 1.18. The molecule has 1 heterocycles. The summed E-state index contributed by atoms with van der Waals surface area (Å²) in [6.07, 6.45) is 0.500. The lowest BCUT2D eigenvalue weighted by Crippen LogP contribution is -2.42. The van der Waals surface area contributed by atoms with Crippen LogP contribution in [0.25, 0.3) is 33.2 Å². The molecule has 45 heavy (non-hydrogen) atoms. The zero-order chi connectivity index (χ0) is 31.7. The second kappa shape index (κ2) is 12.0. The van der Waals surface area contributed by atoms with E-state index in [1.54, 1.807) is 6.20 Å². The van der Waals surface area contributed by atoms with Crippen LogP contribution >= 0.6 is 0 Å². The van der Waals surface area contributed by atoms with E-state index < -0.39 is 29.8 Å². The van der Waals surface area contributed by atoms with Crippen LogP contribution in [0.3, 0.4) is 0 Å². The maximum Gasteiger partial charge on any atom is 0.419 e. The summed E-state index contributed by atoms with van der Waals surface area (Å²) in [7, 11) is 0. The molecule has 1 aliphatic rings. The molecule has 0 fully saturated rings. The van der Waals surface area contributed by atoms with Gasteiger partial charge in [-0.25, -0.2) is 14.4 Å². The van der Waals surface area contributed by atoms with Crippen molar-refractivity contribution in [2.24, 2.45) is 0 Å². The van der Waals surface area contributed by atoms with E-state index in [2.05, 4.69) is 17.4 Å². The SMILES string of the molecule is CC(C)(C)OC(=O)n1cc(-c2cccc(C[C@H](NC(=O)OCC3c4ccccc4-c4ccccc43)C(=O)O)c2)c2ccccc21. The third kappa shape index (κ3) is 6.17. The number of hydrogen-bond donors (Lipinski definition) is 2. The molecule has 0 saturated heterocycles. The number of nitrogens with one attached hydrogen (secondary N) is 1. The van der Waals surface area contributed by atoms with Crippen LogP contribution in [0.15, 0.2) is 103 Å². The summed E-state index contributed by atoms with van der Waals surface area (Å²) in [6.45, 7) is 5.53. The molecule has 228 valence electrons. The van der Waals surface area contributed by atoms with Gasteiger partial charge < -0.3 is 19.9 Å². The highest BCUT2D eigenvalue weighted by Crippen LogP contribution is 2.44. The first-order chi connectivity index (χ1) is 21.6. The van der Waals surface area contributed by atoms with Gasteiger partial charge in [-0.1, -0.05) is 91.0 Å². The Hall–Kier alpha value is -5.37. The summed E-state index contributed by atoms with van der Waals surface area (Å²) in [6, 6.07) is 29.8. The molecule has 4 aromatic carbocycles. The fourth-order valence-corrected chi connectivity index (χ4v) is 5.96. The van der Waals surface area contributed by atoms with Gasteiger partial charge in [0.25, 0.3) is 0 Å². The van der Waals surface area contributed by atoms with E-state index in [0.29, 0.717) is 11.1 Å². The molecule has 0 bridgehead atoms. The smallest absolute Gasteiger partial charge is 0.419 e. The predicted octanol–water partition coefficient (Wildman–Crippen LogP) is 7.63. The van der Waals surface area contributed by atoms with Crippen molar-refractivity contribution >= 4 is 29.1 Å². The summed E-state index contributed by atoms with van der Waals surface area (Å²) < 4.78 is 12.7. The molecule has 0 radical (unpaired) electrons. The fraction of sp³-hybridized carbons (Fsp3) is 0.216. The minimum Gasteiger partial charge on any atom is -0.480 e. The Kier molecular flexibility index (Phi) is 7.89. The van der Waals surface area contributed by atoms with E-state index >= 15 is 0 Å². The molecule has 8 nitrogen and oxygen atoms in total. The highest BCUT2D eigenvalue weighted by molar-refractivity contribution is 6.00. The number of carboxylic acids is 1. The van der Waals surface area contributed by atoms with Crippen LogP contribution in [0, 0.1) is 0 Å². The topological polar surface area (TPSA) is 107 Å². The molecule has 1 aliphatic carbocycles. The van der Waals surface area contributed by atoms with Crippen LogP contribution < -0.4 is 5.32 Å². The molecule has 1 amide bonds. The Bertz CT molecular complexity index is 1870. The summed E-state index contributed by atoms with van der Waals surface area (Å²) >= 11 is 0. The first-order valence-electron chi connectivity index (χ1n) is 14.9. The Morgan fingerprint density at radius 3 is 2.16 bits per heavy atom. The largest absolute Gasteiger partial charge is 0.480 e. The molecule has 1 atom stereocenters. The molecule has 0 aliphatic heterocycles. The molecular weight excluding hydrogens is 568 g/mol. The number of hydrogen-bond acceptors (Lipinski definition) is 5. The normalized spacial score (nSPS) is 13.1. The van der Waals surface area contributed by atoms with E-state index in [-0.39, 0.29) is 18.9 Å². The Labute approximate surface area is 261 Å². The standard InChI is InChI=1S/C37H34N2O6/c1-37(2,3)45-36(43)39-21-30(29-17-8-9-18-33(29)39)24-12-10-11-23(19-24)20-32(34(40)41)38-35(42)44-22-31-27-15-6-4-13-25(27)26-14-5-7-16-28(26)31/h4-19,21,31-32H,20,22H2,1-3H3,(H,38,42)(H,40,41)/t32-/m0/s1. The fourth-order valence-electron chi connectivity index (χ4n) is 5.96. The lowest BCUT2D eigenvalue weighted by atomic mass is 9.98. The van der Waals surface area contributed by atoms with Gasteiger partial charge in [-0.2, -0.15) is 0 Å². The van der Waals surface area contributed by atoms with Gasteiger partial charge in [0.15, 0.2) is 0 Å². The molecule has 2 N–H and O–H groups in total. The van der Waals surface area contributed by atoms with Gasteiger partial charge in [-0.3, -0.25) is 4.57 Å². The number of aliphatic carboxylic acids is 1. The van der Waals surface area contributed by atoms with Gasteiger partial charge in [0.1, 0.15) is 18.2 Å². The van der Waals surface area contributed by atoms with Gasteiger partial charge in [-0.05, 0) is 60.2 Å². The summed E-state index contributed by atoms with van der Waals surface area (Å²) in [4.78, 5) is 38.1. The number of nitrogens with zero attached hydrogens (tertiary/aromatic N) is 1. The number of aromatic nitrogens is 1. The lowest BCUT2D eigenvalue weighted by molar-refractivity contribution is -0.139. The van der Waals surface area contributed by atoms with Gasteiger partial charge in [0, 0.05) is 29.5 Å². The van der Waals surface area contributed by atoms with Crippen molar-refractivity contribution in [1.82, 2.24) is 9.88 Å². The molecule has 1 aromatic heterocycles. The second-order valence-corrected chi connectivity index (χ2v) is 12.2. The van der Waals surface area contributed by atoms with Crippen molar-refractivity contribution in [1.29, 1.82) is 0 Å². The van der Waals surface area contributed by atoms with Crippen LogP contribution in [0.2, 0.25) is 0 Å². The van der Waals surface area contributed by atoms with E-state index in [0.717, 1.165) is 38.8 Å². The number of benzene rings is 4. The van der Waals surface area contributed by atoms with Crippen LogP contribution in [-0.2, 0) is 20.7 Å². The molecule has 0 saturated carbocycles. The molecule has 5 aromatic rings. The van der Waals surface area contributed by atoms with Gasteiger partial charge in [0.05, 0.1) is 5.52 Å². The quantitative estimate of drug-likeness (QED) is 0.198. The maximum atomic E-state index is 13.0. The van der Waals surface area contributed by atoms with E-state index in [9.17, 15) is 19.5 Å². The maximum absolute atomic E-state index is 13.0. The first-order valence-corrected chi connectivity index (χ1v) is 14.9. The van der Waals surface area contributed by atoms with Gasteiger partial charge >= 0.3 is 18.2 Å². The number of carbonyl (C=O) groups is 3. The number of fused-ring (bicyclic) bond motifs is 4. The number of rotatable bonds is 7. The third-order valence-corrected chi connectivity index (χ3v) is 7.91. The number of alkyl carbamates (subject to hydrolysis) is 1. The van der Waals surface area contributed by atoms with Crippen molar-refractivity contribution in [2.45, 2.75) is 44.8 Å². The Morgan fingerprint density at radius 1 is 0.844 bits per heavy atom. The zero-order valence-electron chi connectivity index (χ0n) is 25.3. The highest BCUT2D eigenvalue weighted by Gasteiger charge is 2.30. The van der Waals surface area contributed by atoms with E-state index in [1.165, 1.54) is 4.57 Å². The number of carbonyl (C=O) groups excluding carboxylic acids is 2. The highest BCUT2D eigenvalue weighted by atomic mass is 16.6. The summed E-state index contributed by atoms with van der Waals surface area (Å²) in [5, 5.41) is 13.4. The van der Waals surface area contributed by atoms with Gasteiger partial charge in [0.2, 0.25) is 0 Å². The van der Waals surface area contributed by atoms with E-state index in [4.69, 9.17) is 9.47 Å². The Morgan fingerprint density at radius 2 is 1.49 bits per heavy atom. The number of ether oxygens (including phenoxy) is 2. The average molecular weight is 603 g/mol. The molecule has 8 heteroatoms. The van der Waals surface area contributed by atoms with Crippen molar-refractivity contribution in [2.75, 3.05) is 6.61 Å². The van der Waals surface area contributed by atoms with Gasteiger partial charge in [-0.15, -0.1) is 0 Å². The van der Waals surface area contributed by atoms with Crippen LogP contribution in [-0.4, -0.2) is 46.1 Å². The minimum absolute atomic E-state index is 0.0398. The predicted molar refractivity (Wildman–Crippen MR) is 172 cm³/mol. The van der Waals surface area contributed by atoms with Crippen LogP contribution in [0.5, 0.6) is 0 Å². The minimum atomic E-state index is -1.21. The van der Waals surface area contributed by atoms with Crippen molar-refractivity contribution in [3.8, 4) is 22.3 Å². The average Bonchev–Trinajstić information content (AvgIpc) is 3.56. The molecule has 0 unspecified atom stereocenters. The number of para-hydroxylation sites is 1. The number of carboxylic acid groups (broad SMARTS) is 1. The van der Waals surface area contributed by atoms with E-state index in [1.807, 2.05) is 106 Å². The van der Waals surface area contributed by atoms with Crippen molar-refractivity contribution in [3.05, 3.63) is 120 Å². The monoisotopic (exact) mass is 602 g/mol. The van der Waals surface area contributed by atoms with Crippen LogP contribution in [0.1, 0.15) is 43.4 Å². The van der Waals surface area contributed by atoms with Crippen molar-refractivity contribution in [3.63, 3.8) is 0 Å². The molecule has 0 spiro atoms. The van der Waals surface area contributed by atoms with Crippen molar-refractivity contribution < 1.29 is 29.0 Å².